The number of aromatic nitrogens is 1. The molecule has 1 fully saturated rings. The van der Waals surface area contributed by atoms with E-state index in [1.165, 1.54) is 0 Å². The fourth-order valence-corrected chi connectivity index (χ4v) is 3.22. The third kappa shape index (κ3) is 2.63. The highest BCUT2D eigenvalue weighted by atomic mass is 32.1. The van der Waals surface area contributed by atoms with Crippen molar-refractivity contribution in [3.63, 3.8) is 0 Å². The first kappa shape index (κ1) is 14.0. The van der Waals surface area contributed by atoms with Crippen LogP contribution < -0.4 is 5.32 Å². The molecule has 1 heterocycles. The first-order chi connectivity index (χ1) is 8.85. The molecule has 0 radical (unpaired) electrons. The Balaban J connectivity index is 1.88. The van der Waals surface area contributed by atoms with Gasteiger partial charge in [-0.15, -0.1) is 11.3 Å². The highest BCUT2D eigenvalue weighted by Crippen LogP contribution is 2.58. The van der Waals surface area contributed by atoms with Crippen LogP contribution in [-0.2, 0) is 9.59 Å². The monoisotopic (exact) mass is 282 g/mol. The van der Waals surface area contributed by atoms with Crippen LogP contribution >= 0.6 is 11.3 Å². The minimum Gasteiger partial charge on any atom is -0.481 e. The summed E-state index contributed by atoms with van der Waals surface area (Å²) < 4.78 is 0. The highest BCUT2D eigenvalue weighted by molar-refractivity contribution is 7.09. The van der Waals surface area contributed by atoms with Gasteiger partial charge in [0.2, 0.25) is 5.91 Å². The van der Waals surface area contributed by atoms with Crippen LogP contribution in [0.25, 0.3) is 0 Å². The molecule has 0 bridgehead atoms. The standard InChI is InChI=1S/C13H18N2O3S/c1-7(11-14-4-5-19-11)6-15-10(16)8-9(12(17)18)13(8,2)3/h4-5,7-9H,6H2,1-3H3,(H,15,16)(H,17,18). The third-order valence-corrected chi connectivity index (χ3v) is 4.84. The van der Waals surface area contributed by atoms with Crippen molar-refractivity contribution in [2.75, 3.05) is 6.54 Å². The summed E-state index contributed by atoms with van der Waals surface area (Å²) in [5.41, 5.74) is -0.444. The maximum absolute atomic E-state index is 12.0. The molecule has 1 aliphatic rings. The van der Waals surface area contributed by atoms with Crippen LogP contribution in [0.5, 0.6) is 0 Å². The van der Waals surface area contributed by atoms with Crippen molar-refractivity contribution >= 4 is 23.2 Å². The lowest BCUT2D eigenvalue weighted by Gasteiger charge is -2.10. The molecule has 0 aromatic carbocycles. The molecule has 5 nitrogen and oxygen atoms in total. The zero-order chi connectivity index (χ0) is 14.2. The van der Waals surface area contributed by atoms with Gasteiger partial charge < -0.3 is 10.4 Å². The molecule has 104 valence electrons. The molecule has 0 spiro atoms. The Bertz CT molecular complexity index is 484. The Hall–Kier alpha value is -1.43. The van der Waals surface area contributed by atoms with E-state index in [1.807, 2.05) is 26.2 Å². The number of carbonyl (C=O) groups excluding carboxylic acids is 1. The quantitative estimate of drug-likeness (QED) is 0.862. The van der Waals surface area contributed by atoms with Crippen molar-refractivity contribution in [3.05, 3.63) is 16.6 Å². The lowest BCUT2D eigenvalue weighted by atomic mass is 10.1. The van der Waals surface area contributed by atoms with Crippen LogP contribution in [0.2, 0.25) is 0 Å². The van der Waals surface area contributed by atoms with E-state index in [0.29, 0.717) is 6.54 Å². The lowest BCUT2D eigenvalue weighted by Crippen LogP contribution is -2.30. The number of amides is 1. The Labute approximate surface area is 116 Å². The zero-order valence-electron chi connectivity index (χ0n) is 11.2. The van der Waals surface area contributed by atoms with Crippen molar-refractivity contribution in [1.29, 1.82) is 0 Å². The fourth-order valence-electron chi connectivity index (χ4n) is 2.52. The SMILES string of the molecule is CC(CNC(=O)C1C(C(=O)O)C1(C)C)c1nccs1. The van der Waals surface area contributed by atoms with Gasteiger partial charge in [0.05, 0.1) is 16.8 Å². The van der Waals surface area contributed by atoms with Gasteiger partial charge in [-0.3, -0.25) is 9.59 Å². The van der Waals surface area contributed by atoms with E-state index in [1.54, 1.807) is 17.5 Å². The molecule has 1 saturated carbocycles. The van der Waals surface area contributed by atoms with E-state index < -0.39 is 23.2 Å². The van der Waals surface area contributed by atoms with Crippen molar-refractivity contribution in [2.24, 2.45) is 17.3 Å². The molecule has 1 amide bonds. The largest absolute Gasteiger partial charge is 0.481 e. The summed E-state index contributed by atoms with van der Waals surface area (Å²) in [5.74, 6) is -1.90. The van der Waals surface area contributed by atoms with Gasteiger partial charge in [-0.25, -0.2) is 4.98 Å². The smallest absolute Gasteiger partial charge is 0.307 e. The fraction of sp³-hybridized carbons (Fsp3) is 0.615. The molecular weight excluding hydrogens is 264 g/mol. The van der Waals surface area contributed by atoms with Gasteiger partial charge in [-0.1, -0.05) is 20.8 Å². The Morgan fingerprint density at radius 2 is 2.21 bits per heavy atom. The number of carboxylic acids is 1. The second kappa shape index (κ2) is 4.92. The van der Waals surface area contributed by atoms with Crippen LogP contribution in [0.3, 0.4) is 0 Å². The number of nitrogens with zero attached hydrogens (tertiary/aromatic N) is 1. The van der Waals surface area contributed by atoms with Gasteiger partial charge in [0.1, 0.15) is 0 Å². The summed E-state index contributed by atoms with van der Waals surface area (Å²) in [4.78, 5) is 27.2. The summed E-state index contributed by atoms with van der Waals surface area (Å²) >= 11 is 1.56. The highest BCUT2D eigenvalue weighted by Gasteiger charge is 2.65. The summed E-state index contributed by atoms with van der Waals surface area (Å²) in [7, 11) is 0. The first-order valence-corrected chi connectivity index (χ1v) is 7.13. The third-order valence-electron chi connectivity index (χ3n) is 3.83. The van der Waals surface area contributed by atoms with Gasteiger partial charge in [-0.2, -0.15) is 0 Å². The van der Waals surface area contributed by atoms with Crippen LogP contribution in [-0.4, -0.2) is 28.5 Å². The minimum absolute atomic E-state index is 0.147. The van der Waals surface area contributed by atoms with E-state index in [4.69, 9.17) is 5.11 Å². The predicted octanol–water partition coefficient (Wildman–Crippen LogP) is 1.72. The van der Waals surface area contributed by atoms with Crippen molar-refractivity contribution in [1.82, 2.24) is 10.3 Å². The summed E-state index contributed by atoms with van der Waals surface area (Å²) in [6.07, 6.45) is 1.74. The molecule has 1 aliphatic carbocycles. The van der Waals surface area contributed by atoms with Crippen molar-refractivity contribution < 1.29 is 14.7 Å². The molecule has 6 heteroatoms. The van der Waals surface area contributed by atoms with Crippen LogP contribution in [0.1, 0.15) is 31.7 Å². The topological polar surface area (TPSA) is 79.3 Å². The number of hydrogen-bond acceptors (Lipinski definition) is 4. The molecule has 2 N–H and O–H groups in total. The van der Waals surface area contributed by atoms with Crippen molar-refractivity contribution in [3.8, 4) is 0 Å². The van der Waals surface area contributed by atoms with Crippen molar-refractivity contribution in [2.45, 2.75) is 26.7 Å². The van der Waals surface area contributed by atoms with E-state index in [0.717, 1.165) is 5.01 Å². The molecule has 3 unspecified atom stereocenters. The average Bonchev–Trinajstić information content (AvgIpc) is 2.74. The second-order valence-corrected chi connectivity index (χ2v) is 6.56. The lowest BCUT2D eigenvalue weighted by molar-refractivity contribution is -0.140. The summed E-state index contributed by atoms with van der Waals surface area (Å²) in [6, 6.07) is 0. The number of carboxylic acid groups (broad SMARTS) is 1. The maximum atomic E-state index is 12.0. The van der Waals surface area contributed by atoms with E-state index >= 15 is 0 Å². The normalized spacial score (nSPS) is 25.6. The molecule has 0 saturated heterocycles. The number of nitrogens with one attached hydrogen (secondary N) is 1. The number of rotatable bonds is 5. The zero-order valence-corrected chi connectivity index (χ0v) is 12.0. The maximum Gasteiger partial charge on any atom is 0.307 e. The predicted molar refractivity (Wildman–Crippen MR) is 71.9 cm³/mol. The van der Waals surface area contributed by atoms with Gasteiger partial charge in [0, 0.05) is 24.0 Å². The Morgan fingerprint density at radius 1 is 1.53 bits per heavy atom. The molecule has 3 atom stereocenters. The van der Waals surface area contributed by atoms with Gasteiger partial charge >= 0.3 is 5.97 Å². The van der Waals surface area contributed by atoms with Gasteiger partial charge in [0.25, 0.3) is 0 Å². The number of aliphatic carboxylic acids is 1. The minimum atomic E-state index is -0.891. The number of hydrogen-bond donors (Lipinski definition) is 2. The molecular formula is C13H18N2O3S. The van der Waals surface area contributed by atoms with Crippen LogP contribution in [0.15, 0.2) is 11.6 Å². The first-order valence-electron chi connectivity index (χ1n) is 6.25. The number of thiazole rings is 1. The molecule has 0 aliphatic heterocycles. The number of carbonyl (C=O) groups is 2. The van der Waals surface area contributed by atoms with E-state index in [2.05, 4.69) is 10.3 Å². The van der Waals surface area contributed by atoms with Gasteiger partial charge in [-0.05, 0) is 5.41 Å². The molecule has 1 aromatic rings. The molecule has 1 aromatic heterocycles. The van der Waals surface area contributed by atoms with Gasteiger partial charge in [0.15, 0.2) is 0 Å². The van der Waals surface area contributed by atoms with E-state index in [9.17, 15) is 9.59 Å². The molecule has 19 heavy (non-hydrogen) atoms. The Morgan fingerprint density at radius 3 is 2.68 bits per heavy atom. The van der Waals surface area contributed by atoms with Crippen LogP contribution in [0.4, 0.5) is 0 Å². The van der Waals surface area contributed by atoms with E-state index in [-0.39, 0.29) is 11.8 Å². The molecule has 2 rings (SSSR count). The summed E-state index contributed by atoms with van der Waals surface area (Å²) in [5, 5.41) is 14.8. The van der Waals surface area contributed by atoms with Crippen LogP contribution in [0, 0.1) is 17.3 Å². The summed E-state index contributed by atoms with van der Waals surface area (Å²) in [6.45, 7) is 6.12. The second-order valence-electron chi connectivity index (χ2n) is 5.63. The Kier molecular flexibility index (Phi) is 3.62. The average molecular weight is 282 g/mol.